The van der Waals surface area contributed by atoms with Crippen molar-refractivity contribution in [2.45, 2.75) is 27.2 Å². The van der Waals surface area contributed by atoms with Crippen molar-refractivity contribution in [2.24, 2.45) is 0 Å². The molecule has 0 bridgehead atoms. The highest BCUT2D eigenvalue weighted by molar-refractivity contribution is 5.77. The Morgan fingerprint density at radius 3 is 2.38 bits per heavy atom. The van der Waals surface area contributed by atoms with E-state index in [4.69, 9.17) is 0 Å². The first-order valence-corrected chi connectivity index (χ1v) is 7.40. The summed E-state index contributed by atoms with van der Waals surface area (Å²) in [5, 5.41) is 3.22. The van der Waals surface area contributed by atoms with Crippen molar-refractivity contribution >= 4 is 22.8 Å². The monoisotopic (exact) mass is 286 g/mol. The molecule has 1 heterocycles. The molecule has 0 spiro atoms. The van der Waals surface area contributed by atoms with E-state index in [0.717, 1.165) is 35.6 Å². The molecule has 0 aliphatic heterocycles. The summed E-state index contributed by atoms with van der Waals surface area (Å²) in [5.41, 5.74) is 2.60. The molecule has 2 aromatic rings. The van der Waals surface area contributed by atoms with E-state index in [2.05, 4.69) is 15.3 Å². The van der Waals surface area contributed by atoms with Crippen LogP contribution >= 0.6 is 0 Å². The number of carbonyl (C=O) groups excluding carboxylic acids is 1. The smallest absolute Gasteiger partial charge is 0.224 e. The number of para-hydroxylation sites is 2. The molecule has 0 unspecified atom stereocenters. The summed E-state index contributed by atoms with van der Waals surface area (Å²) in [7, 11) is 0. The lowest BCUT2D eigenvalue weighted by atomic mass is 10.3. The lowest BCUT2D eigenvalue weighted by Crippen LogP contribution is -2.31. The fourth-order valence-corrected chi connectivity index (χ4v) is 2.28. The number of hydrogen-bond acceptors (Lipinski definition) is 4. The Labute approximate surface area is 125 Å². The first-order chi connectivity index (χ1) is 10.2. The molecule has 21 heavy (non-hydrogen) atoms. The van der Waals surface area contributed by atoms with Gasteiger partial charge in [0.2, 0.25) is 5.91 Å². The molecule has 5 heteroatoms. The molecule has 0 fully saturated rings. The molecule has 0 saturated carbocycles. The first-order valence-electron chi connectivity index (χ1n) is 7.40. The van der Waals surface area contributed by atoms with Gasteiger partial charge in [0.1, 0.15) is 5.82 Å². The zero-order valence-corrected chi connectivity index (χ0v) is 12.9. The summed E-state index contributed by atoms with van der Waals surface area (Å²) in [5.74, 6) is 0.917. The Morgan fingerprint density at radius 1 is 1.14 bits per heavy atom. The highest BCUT2D eigenvalue weighted by atomic mass is 16.2. The highest BCUT2D eigenvalue weighted by Gasteiger charge is 2.10. The van der Waals surface area contributed by atoms with Gasteiger partial charge in [0.25, 0.3) is 0 Å². The van der Waals surface area contributed by atoms with Crippen molar-refractivity contribution in [2.75, 3.05) is 25.0 Å². The van der Waals surface area contributed by atoms with Crippen LogP contribution in [0.2, 0.25) is 0 Å². The van der Waals surface area contributed by atoms with Crippen LogP contribution in [-0.2, 0) is 4.79 Å². The van der Waals surface area contributed by atoms with Crippen molar-refractivity contribution in [1.82, 2.24) is 14.9 Å². The van der Waals surface area contributed by atoms with Crippen molar-refractivity contribution < 1.29 is 4.79 Å². The Kier molecular flexibility index (Phi) is 5.09. The van der Waals surface area contributed by atoms with Gasteiger partial charge >= 0.3 is 0 Å². The predicted octanol–water partition coefficient (Wildman–Crippen LogP) is 2.61. The molecule has 1 aromatic heterocycles. The predicted molar refractivity (Wildman–Crippen MR) is 85.3 cm³/mol. The summed E-state index contributed by atoms with van der Waals surface area (Å²) < 4.78 is 0. The van der Waals surface area contributed by atoms with Crippen LogP contribution in [-0.4, -0.2) is 40.4 Å². The largest absolute Gasteiger partial charge is 0.368 e. The second-order valence-corrected chi connectivity index (χ2v) is 4.89. The number of rotatable bonds is 6. The standard InChI is InChI=1S/C16H22N4O/c1-4-20(5-2)15(21)10-11-17-16-12(3)18-13-8-6-7-9-14(13)19-16/h6-9H,4-5,10-11H2,1-3H3,(H,17,19). The topological polar surface area (TPSA) is 58.1 Å². The van der Waals surface area contributed by atoms with Gasteiger partial charge in [-0.05, 0) is 32.9 Å². The molecule has 0 atom stereocenters. The van der Waals surface area contributed by atoms with E-state index >= 15 is 0 Å². The maximum Gasteiger partial charge on any atom is 0.224 e. The van der Waals surface area contributed by atoms with Gasteiger partial charge < -0.3 is 10.2 Å². The number of carbonyl (C=O) groups is 1. The van der Waals surface area contributed by atoms with E-state index in [1.807, 2.05) is 49.9 Å². The van der Waals surface area contributed by atoms with E-state index in [0.29, 0.717) is 13.0 Å². The third-order valence-corrected chi connectivity index (χ3v) is 3.49. The van der Waals surface area contributed by atoms with Gasteiger partial charge in [0.05, 0.1) is 16.7 Å². The second-order valence-electron chi connectivity index (χ2n) is 4.89. The summed E-state index contributed by atoms with van der Waals surface area (Å²) >= 11 is 0. The third-order valence-electron chi connectivity index (χ3n) is 3.49. The zero-order valence-electron chi connectivity index (χ0n) is 12.9. The van der Waals surface area contributed by atoms with Crippen molar-refractivity contribution in [3.8, 4) is 0 Å². The molecular weight excluding hydrogens is 264 g/mol. The number of nitrogens with zero attached hydrogens (tertiary/aromatic N) is 3. The number of nitrogens with one attached hydrogen (secondary N) is 1. The lowest BCUT2D eigenvalue weighted by Gasteiger charge is -2.18. The molecule has 5 nitrogen and oxygen atoms in total. The van der Waals surface area contributed by atoms with Gasteiger partial charge in [-0.3, -0.25) is 4.79 Å². The van der Waals surface area contributed by atoms with E-state index in [1.54, 1.807) is 0 Å². The molecular formula is C16H22N4O. The average Bonchev–Trinajstić information content (AvgIpc) is 2.49. The van der Waals surface area contributed by atoms with Gasteiger partial charge in [-0.2, -0.15) is 0 Å². The van der Waals surface area contributed by atoms with Crippen LogP contribution in [0.15, 0.2) is 24.3 Å². The highest BCUT2D eigenvalue weighted by Crippen LogP contribution is 2.15. The first kappa shape index (κ1) is 15.2. The summed E-state index contributed by atoms with van der Waals surface area (Å²) in [4.78, 5) is 22.9. The molecule has 0 aliphatic rings. The zero-order chi connectivity index (χ0) is 15.2. The fourth-order valence-electron chi connectivity index (χ4n) is 2.28. The summed E-state index contributed by atoms with van der Waals surface area (Å²) in [6.45, 7) is 7.99. The van der Waals surface area contributed by atoms with E-state index in [9.17, 15) is 4.79 Å². The quantitative estimate of drug-likeness (QED) is 0.887. The maximum atomic E-state index is 11.9. The van der Waals surface area contributed by atoms with Crippen molar-refractivity contribution in [3.05, 3.63) is 30.0 Å². The molecule has 112 valence electrons. The Hall–Kier alpha value is -2.17. The molecule has 1 amide bonds. The number of aromatic nitrogens is 2. The minimum Gasteiger partial charge on any atom is -0.368 e. The van der Waals surface area contributed by atoms with E-state index < -0.39 is 0 Å². The molecule has 0 aliphatic carbocycles. The minimum absolute atomic E-state index is 0.166. The molecule has 1 N–H and O–H groups in total. The molecule has 0 saturated heterocycles. The van der Waals surface area contributed by atoms with Crippen molar-refractivity contribution in [3.63, 3.8) is 0 Å². The van der Waals surface area contributed by atoms with E-state index in [1.165, 1.54) is 0 Å². The summed E-state index contributed by atoms with van der Waals surface area (Å²) in [6, 6.07) is 7.78. The third kappa shape index (κ3) is 3.68. The van der Waals surface area contributed by atoms with Gasteiger partial charge in [0.15, 0.2) is 0 Å². The van der Waals surface area contributed by atoms with Gasteiger partial charge in [-0.1, -0.05) is 12.1 Å². The Bertz CT molecular complexity index is 623. The van der Waals surface area contributed by atoms with Crippen LogP contribution < -0.4 is 5.32 Å². The fraction of sp³-hybridized carbons (Fsp3) is 0.438. The SMILES string of the molecule is CCN(CC)C(=O)CCNc1nc2ccccc2nc1C. The van der Waals surface area contributed by atoms with Crippen LogP contribution in [0.25, 0.3) is 11.0 Å². The van der Waals surface area contributed by atoms with Crippen LogP contribution in [0, 0.1) is 6.92 Å². The average molecular weight is 286 g/mol. The number of benzene rings is 1. The van der Waals surface area contributed by atoms with Crippen LogP contribution in [0.5, 0.6) is 0 Å². The van der Waals surface area contributed by atoms with Gasteiger partial charge in [0, 0.05) is 26.1 Å². The number of amides is 1. The molecule has 0 radical (unpaired) electrons. The van der Waals surface area contributed by atoms with Crippen LogP contribution in [0.3, 0.4) is 0 Å². The van der Waals surface area contributed by atoms with Crippen molar-refractivity contribution in [1.29, 1.82) is 0 Å². The van der Waals surface area contributed by atoms with Gasteiger partial charge in [-0.15, -0.1) is 0 Å². The van der Waals surface area contributed by atoms with E-state index in [-0.39, 0.29) is 5.91 Å². The Balaban J connectivity index is 2.00. The summed E-state index contributed by atoms with van der Waals surface area (Å²) in [6.07, 6.45) is 0.468. The number of aryl methyl sites for hydroxylation is 1. The minimum atomic E-state index is 0.166. The maximum absolute atomic E-state index is 11.9. The molecule has 1 aromatic carbocycles. The number of fused-ring (bicyclic) bond motifs is 1. The van der Waals surface area contributed by atoms with Crippen LogP contribution in [0.4, 0.5) is 5.82 Å². The normalized spacial score (nSPS) is 10.6. The number of hydrogen-bond donors (Lipinski definition) is 1. The Morgan fingerprint density at radius 2 is 1.76 bits per heavy atom. The number of anilines is 1. The second kappa shape index (κ2) is 7.02. The van der Waals surface area contributed by atoms with Crippen LogP contribution in [0.1, 0.15) is 26.0 Å². The van der Waals surface area contributed by atoms with Gasteiger partial charge in [-0.25, -0.2) is 9.97 Å². The molecule has 2 rings (SSSR count). The lowest BCUT2D eigenvalue weighted by molar-refractivity contribution is -0.130.